The maximum atomic E-state index is 10.6. The van der Waals surface area contributed by atoms with Gasteiger partial charge in [-0.2, -0.15) is 0 Å². The van der Waals surface area contributed by atoms with Crippen molar-refractivity contribution in [2.24, 2.45) is 0 Å². The molecule has 4 nitrogen and oxygen atoms in total. The van der Waals surface area contributed by atoms with Gasteiger partial charge >= 0.3 is 0 Å². The summed E-state index contributed by atoms with van der Waals surface area (Å²) < 4.78 is 0. The van der Waals surface area contributed by atoms with Gasteiger partial charge < -0.3 is 5.32 Å². The van der Waals surface area contributed by atoms with Crippen molar-refractivity contribution in [1.82, 2.24) is 5.32 Å². The third kappa shape index (κ3) is 2.33. The van der Waals surface area contributed by atoms with Crippen LogP contribution in [0.15, 0.2) is 24.3 Å². The fraction of sp³-hybridized carbons (Fsp3) is 0.455. The van der Waals surface area contributed by atoms with Crippen LogP contribution in [0, 0.1) is 10.1 Å². The van der Waals surface area contributed by atoms with Crippen LogP contribution in [0.5, 0.6) is 0 Å². The number of nitro benzene ring substituents is 1. The average molecular weight is 206 g/mol. The number of benzene rings is 1. The summed E-state index contributed by atoms with van der Waals surface area (Å²) >= 11 is 0. The van der Waals surface area contributed by atoms with E-state index in [4.69, 9.17) is 0 Å². The first-order chi connectivity index (χ1) is 7.27. The van der Waals surface area contributed by atoms with Gasteiger partial charge in [-0.15, -0.1) is 0 Å². The van der Waals surface area contributed by atoms with Gasteiger partial charge in [-0.1, -0.05) is 12.1 Å². The van der Waals surface area contributed by atoms with E-state index in [1.165, 1.54) is 0 Å². The Morgan fingerprint density at radius 1 is 1.33 bits per heavy atom. The molecule has 1 aliphatic heterocycles. The Kier molecular flexibility index (Phi) is 2.97. The fourth-order valence-corrected chi connectivity index (χ4v) is 2.05. The summed E-state index contributed by atoms with van der Waals surface area (Å²) in [6.45, 7) is 2.01. The van der Waals surface area contributed by atoms with Crippen LogP contribution in [-0.2, 0) is 0 Å². The first kappa shape index (κ1) is 10.1. The third-order valence-corrected chi connectivity index (χ3v) is 2.89. The molecule has 1 aromatic rings. The topological polar surface area (TPSA) is 55.2 Å². The zero-order valence-electron chi connectivity index (χ0n) is 8.48. The van der Waals surface area contributed by atoms with E-state index in [0.29, 0.717) is 5.92 Å². The second-order valence-electron chi connectivity index (χ2n) is 3.88. The lowest BCUT2D eigenvalue weighted by Gasteiger charge is -2.22. The lowest BCUT2D eigenvalue weighted by molar-refractivity contribution is -0.384. The smallest absolute Gasteiger partial charge is 0.269 e. The summed E-state index contributed by atoms with van der Waals surface area (Å²) in [6, 6.07) is 7.01. The van der Waals surface area contributed by atoms with E-state index in [2.05, 4.69) is 5.32 Å². The van der Waals surface area contributed by atoms with Gasteiger partial charge in [0.25, 0.3) is 5.69 Å². The van der Waals surface area contributed by atoms with E-state index in [1.807, 2.05) is 6.07 Å². The van der Waals surface area contributed by atoms with E-state index in [-0.39, 0.29) is 10.6 Å². The molecule has 0 bridgehead atoms. The second-order valence-corrected chi connectivity index (χ2v) is 3.88. The summed E-state index contributed by atoms with van der Waals surface area (Å²) in [5, 5.41) is 13.9. The van der Waals surface area contributed by atoms with Crippen LogP contribution in [0.1, 0.15) is 24.3 Å². The van der Waals surface area contributed by atoms with Crippen LogP contribution in [0.2, 0.25) is 0 Å². The number of nitrogens with zero attached hydrogens (tertiary/aromatic N) is 1. The maximum absolute atomic E-state index is 10.6. The van der Waals surface area contributed by atoms with Crippen LogP contribution in [0.4, 0.5) is 5.69 Å². The molecule has 1 saturated heterocycles. The Hall–Kier alpha value is -1.42. The molecule has 1 fully saturated rings. The molecule has 2 rings (SSSR count). The van der Waals surface area contributed by atoms with Gasteiger partial charge in [0.2, 0.25) is 0 Å². The highest BCUT2D eigenvalue weighted by molar-refractivity contribution is 5.36. The number of rotatable bonds is 2. The predicted octanol–water partition coefficient (Wildman–Crippen LogP) is 2.06. The van der Waals surface area contributed by atoms with Gasteiger partial charge in [0.05, 0.1) is 4.92 Å². The normalized spacial score (nSPS) is 17.6. The summed E-state index contributed by atoms with van der Waals surface area (Å²) in [5.41, 5.74) is 1.30. The molecule has 1 N–H and O–H groups in total. The highest BCUT2D eigenvalue weighted by atomic mass is 16.6. The quantitative estimate of drug-likeness (QED) is 0.595. The molecule has 0 spiro atoms. The molecule has 0 atom stereocenters. The van der Waals surface area contributed by atoms with Crippen molar-refractivity contribution in [3.63, 3.8) is 0 Å². The van der Waals surface area contributed by atoms with Crippen LogP contribution < -0.4 is 5.32 Å². The summed E-state index contributed by atoms with van der Waals surface area (Å²) in [7, 11) is 0. The van der Waals surface area contributed by atoms with Crippen molar-refractivity contribution >= 4 is 5.69 Å². The molecule has 0 amide bonds. The molecule has 0 saturated carbocycles. The lowest BCUT2D eigenvalue weighted by atomic mass is 9.90. The van der Waals surface area contributed by atoms with Gasteiger partial charge in [-0.3, -0.25) is 10.1 Å². The number of nitrogens with one attached hydrogen (secondary N) is 1. The summed E-state index contributed by atoms with van der Waals surface area (Å²) in [6.07, 6.45) is 2.14. The molecule has 1 aromatic carbocycles. The minimum Gasteiger partial charge on any atom is -0.317 e. The highest BCUT2D eigenvalue weighted by Gasteiger charge is 2.17. The van der Waals surface area contributed by atoms with Crippen LogP contribution in [-0.4, -0.2) is 18.0 Å². The molecule has 4 heteroatoms. The number of hydrogen-bond acceptors (Lipinski definition) is 3. The Morgan fingerprint density at radius 3 is 2.73 bits per heavy atom. The van der Waals surface area contributed by atoms with Crippen molar-refractivity contribution in [2.45, 2.75) is 18.8 Å². The van der Waals surface area contributed by atoms with E-state index in [0.717, 1.165) is 31.5 Å². The first-order valence-electron chi connectivity index (χ1n) is 5.22. The zero-order chi connectivity index (χ0) is 10.7. The molecule has 0 aliphatic carbocycles. The van der Waals surface area contributed by atoms with Crippen molar-refractivity contribution < 1.29 is 4.92 Å². The molecular weight excluding hydrogens is 192 g/mol. The Bertz CT molecular complexity index is 359. The molecule has 1 aliphatic rings. The Labute approximate surface area is 88.5 Å². The SMILES string of the molecule is O=[N+]([O-])c1cccc(C2CCNCC2)c1. The maximum Gasteiger partial charge on any atom is 0.269 e. The molecule has 0 aromatic heterocycles. The van der Waals surface area contributed by atoms with E-state index < -0.39 is 0 Å². The van der Waals surface area contributed by atoms with Crippen LogP contribution in [0.25, 0.3) is 0 Å². The molecular formula is C11H14N2O2. The van der Waals surface area contributed by atoms with Crippen molar-refractivity contribution in [2.75, 3.05) is 13.1 Å². The van der Waals surface area contributed by atoms with Gasteiger partial charge in [0, 0.05) is 12.1 Å². The molecule has 1 heterocycles. The Morgan fingerprint density at radius 2 is 2.07 bits per heavy atom. The van der Waals surface area contributed by atoms with Gasteiger partial charge in [0.15, 0.2) is 0 Å². The van der Waals surface area contributed by atoms with Gasteiger partial charge in [-0.05, 0) is 37.4 Å². The predicted molar refractivity (Wildman–Crippen MR) is 57.9 cm³/mol. The Balaban J connectivity index is 2.19. The monoisotopic (exact) mass is 206 g/mol. The van der Waals surface area contributed by atoms with Crippen molar-refractivity contribution in [3.8, 4) is 0 Å². The van der Waals surface area contributed by atoms with Crippen molar-refractivity contribution in [3.05, 3.63) is 39.9 Å². The van der Waals surface area contributed by atoms with E-state index in [1.54, 1.807) is 18.2 Å². The second kappa shape index (κ2) is 4.40. The number of hydrogen-bond donors (Lipinski definition) is 1. The number of piperidine rings is 1. The molecule has 15 heavy (non-hydrogen) atoms. The minimum absolute atomic E-state index is 0.200. The third-order valence-electron chi connectivity index (χ3n) is 2.89. The average Bonchev–Trinajstić information content (AvgIpc) is 2.30. The number of non-ortho nitro benzene ring substituents is 1. The molecule has 80 valence electrons. The lowest BCUT2D eigenvalue weighted by Crippen LogP contribution is -2.26. The van der Waals surface area contributed by atoms with E-state index in [9.17, 15) is 10.1 Å². The minimum atomic E-state index is -0.329. The standard InChI is InChI=1S/C11H14N2O2/c14-13(15)11-3-1-2-10(8-11)9-4-6-12-7-5-9/h1-3,8-9,12H,4-7H2. The fourth-order valence-electron chi connectivity index (χ4n) is 2.05. The largest absolute Gasteiger partial charge is 0.317 e. The van der Waals surface area contributed by atoms with Crippen molar-refractivity contribution in [1.29, 1.82) is 0 Å². The first-order valence-corrected chi connectivity index (χ1v) is 5.22. The van der Waals surface area contributed by atoms with Gasteiger partial charge in [0.1, 0.15) is 0 Å². The molecule has 0 radical (unpaired) electrons. The zero-order valence-corrected chi connectivity index (χ0v) is 8.48. The molecule has 0 unspecified atom stereocenters. The van der Waals surface area contributed by atoms with Crippen LogP contribution >= 0.6 is 0 Å². The van der Waals surface area contributed by atoms with E-state index >= 15 is 0 Å². The van der Waals surface area contributed by atoms with Gasteiger partial charge in [-0.25, -0.2) is 0 Å². The summed E-state index contributed by atoms with van der Waals surface area (Å²) in [5.74, 6) is 0.478. The summed E-state index contributed by atoms with van der Waals surface area (Å²) in [4.78, 5) is 10.3. The van der Waals surface area contributed by atoms with Crippen LogP contribution in [0.3, 0.4) is 0 Å². The highest BCUT2D eigenvalue weighted by Crippen LogP contribution is 2.27. The number of nitro groups is 1.